The van der Waals surface area contributed by atoms with Crippen LogP contribution in [0.2, 0.25) is 0 Å². The summed E-state index contributed by atoms with van der Waals surface area (Å²) in [5.74, 6) is 1.55. The highest BCUT2D eigenvalue weighted by atomic mass is 32.1. The highest BCUT2D eigenvalue weighted by Crippen LogP contribution is 2.62. The number of aliphatic hydroxyl groups is 2. The molecule has 168 valence electrons. The van der Waals surface area contributed by atoms with Crippen LogP contribution in [0, 0.1) is 18.8 Å². The normalized spacial score (nSPS) is 31.0. The summed E-state index contributed by atoms with van der Waals surface area (Å²) >= 11 is 1.52. The molecule has 3 saturated carbocycles. The van der Waals surface area contributed by atoms with Crippen LogP contribution in [0.5, 0.6) is 0 Å². The van der Waals surface area contributed by atoms with Crippen molar-refractivity contribution in [1.82, 2.24) is 19.9 Å². The number of pyridine rings is 1. The molecule has 6 rings (SSSR count). The third-order valence-electron chi connectivity index (χ3n) is 7.05. The summed E-state index contributed by atoms with van der Waals surface area (Å²) in [7, 11) is 1.57. The summed E-state index contributed by atoms with van der Waals surface area (Å²) in [5, 5.41) is 29.9. The number of rotatable bonds is 7. The van der Waals surface area contributed by atoms with Crippen molar-refractivity contribution >= 4 is 33.3 Å². The van der Waals surface area contributed by atoms with Crippen LogP contribution in [-0.2, 0) is 4.74 Å². The fourth-order valence-electron chi connectivity index (χ4n) is 5.03. The van der Waals surface area contributed by atoms with Gasteiger partial charge in [-0.25, -0.2) is 9.97 Å². The number of hydrogen-bond donors (Lipinski definition) is 4. The Hall–Kier alpha value is -2.40. The molecule has 0 spiro atoms. The van der Waals surface area contributed by atoms with Crippen LogP contribution in [0.25, 0.3) is 20.8 Å². The van der Waals surface area contributed by atoms with E-state index in [2.05, 4.69) is 20.6 Å². The van der Waals surface area contributed by atoms with Gasteiger partial charge in [0.1, 0.15) is 21.9 Å². The Morgan fingerprint density at radius 2 is 2.06 bits per heavy atom. The second-order valence-electron chi connectivity index (χ2n) is 9.16. The summed E-state index contributed by atoms with van der Waals surface area (Å²) in [6.45, 7) is 2.74. The van der Waals surface area contributed by atoms with E-state index in [1.54, 1.807) is 19.5 Å². The monoisotopic (exact) mass is 454 g/mol. The summed E-state index contributed by atoms with van der Waals surface area (Å²) in [6, 6.07) is 1.93. The van der Waals surface area contributed by atoms with Gasteiger partial charge < -0.3 is 25.6 Å². The van der Waals surface area contributed by atoms with Gasteiger partial charge in [0.2, 0.25) is 5.95 Å². The number of nitrogens with one attached hydrogen (secondary N) is 2. The average Bonchev–Trinajstić information content (AvgIpc) is 3.62. The summed E-state index contributed by atoms with van der Waals surface area (Å²) in [5.41, 5.74) is -0.611. The van der Waals surface area contributed by atoms with E-state index in [-0.39, 0.29) is 12.0 Å². The first kappa shape index (κ1) is 20.2. The first-order valence-corrected chi connectivity index (χ1v) is 11.8. The zero-order valence-electron chi connectivity index (χ0n) is 18.0. The van der Waals surface area contributed by atoms with Crippen molar-refractivity contribution in [2.45, 2.75) is 50.0 Å². The first-order valence-electron chi connectivity index (χ1n) is 11.0. The van der Waals surface area contributed by atoms with Crippen molar-refractivity contribution in [3.8, 4) is 10.6 Å². The SMILES string of the molecule is COC1C2CCC(O)(Nc3nc(NCC4CC4)nc(C)c3-c3nc4cnccc4s3)C21O. The topological polar surface area (TPSA) is 125 Å². The van der Waals surface area contributed by atoms with Gasteiger partial charge in [0.05, 0.1) is 28.3 Å². The number of thiazole rings is 1. The summed E-state index contributed by atoms with van der Waals surface area (Å²) < 4.78 is 6.44. The Bertz CT molecular complexity index is 1160. The molecule has 3 aliphatic rings. The molecule has 32 heavy (non-hydrogen) atoms. The predicted molar refractivity (Wildman–Crippen MR) is 121 cm³/mol. The molecule has 3 heterocycles. The lowest BCUT2D eigenvalue weighted by Crippen LogP contribution is -2.52. The van der Waals surface area contributed by atoms with Gasteiger partial charge in [-0.05, 0) is 44.6 Å². The molecule has 0 amide bonds. The zero-order valence-corrected chi connectivity index (χ0v) is 18.8. The molecule has 0 aromatic carbocycles. The van der Waals surface area contributed by atoms with E-state index in [0.717, 1.165) is 33.0 Å². The Morgan fingerprint density at radius 1 is 1.22 bits per heavy atom. The molecule has 4 N–H and O–H groups in total. The minimum absolute atomic E-state index is 0.0858. The smallest absolute Gasteiger partial charge is 0.224 e. The molecule has 9 nitrogen and oxygen atoms in total. The molecule has 3 fully saturated rings. The predicted octanol–water partition coefficient (Wildman–Crippen LogP) is 2.55. The van der Waals surface area contributed by atoms with Gasteiger partial charge in [0.15, 0.2) is 5.72 Å². The lowest BCUT2D eigenvalue weighted by molar-refractivity contribution is -0.0907. The molecular formula is C22H26N6O3S. The van der Waals surface area contributed by atoms with Gasteiger partial charge in [-0.1, -0.05) is 0 Å². The summed E-state index contributed by atoms with van der Waals surface area (Å²) in [4.78, 5) is 18.3. The number of ether oxygens (including phenoxy) is 1. The van der Waals surface area contributed by atoms with Crippen molar-refractivity contribution in [3.05, 3.63) is 24.2 Å². The molecule has 0 saturated heterocycles. The molecule has 0 bridgehead atoms. The van der Waals surface area contributed by atoms with Crippen molar-refractivity contribution in [3.63, 3.8) is 0 Å². The van der Waals surface area contributed by atoms with Crippen molar-refractivity contribution in [2.75, 3.05) is 24.3 Å². The number of aromatic nitrogens is 4. The highest BCUT2D eigenvalue weighted by molar-refractivity contribution is 7.21. The van der Waals surface area contributed by atoms with Crippen LogP contribution in [0.1, 0.15) is 31.4 Å². The summed E-state index contributed by atoms with van der Waals surface area (Å²) in [6.07, 6.45) is 6.62. The first-order chi connectivity index (χ1) is 15.4. The number of methoxy groups -OCH3 is 1. The molecule has 10 heteroatoms. The average molecular weight is 455 g/mol. The van der Waals surface area contributed by atoms with Gasteiger partial charge in [-0.15, -0.1) is 11.3 Å². The fraction of sp³-hybridized carbons (Fsp3) is 0.545. The second-order valence-corrected chi connectivity index (χ2v) is 10.2. The van der Waals surface area contributed by atoms with Gasteiger partial charge in [-0.2, -0.15) is 4.98 Å². The van der Waals surface area contributed by atoms with Crippen LogP contribution in [0.3, 0.4) is 0 Å². The van der Waals surface area contributed by atoms with E-state index in [1.165, 1.54) is 24.2 Å². The maximum Gasteiger partial charge on any atom is 0.224 e. The Morgan fingerprint density at radius 3 is 2.78 bits per heavy atom. The Kier molecular flexibility index (Phi) is 4.45. The number of anilines is 2. The Labute approximate surface area is 189 Å². The van der Waals surface area contributed by atoms with E-state index in [9.17, 15) is 10.2 Å². The van der Waals surface area contributed by atoms with E-state index in [4.69, 9.17) is 14.7 Å². The van der Waals surface area contributed by atoms with Gasteiger partial charge in [-0.3, -0.25) is 4.98 Å². The van der Waals surface area contributed by atoms with Crippen molar-refractivity contribution in [1.29, 1.82) is 0 Å². The van der Waals surface area contributed by atoms with E-state index in [1.807, 2.05) is 13.0 Å². The molecule has 4 atom stereocenters. The van der Waals surface area contributed by atoms with Gasteiger partial charge in [0, 0.05) is 25.8 Å². The standard InChI is InChI=1S/C22H26N6O3S/c1-11-16(19-26-14-10-23-8-6-15(14)32-19)18(27-20(25-11)24-9-12-3-4-12)28-21(29)7-5-13-17(31-2)22(13,21)30/h6,8,10,12-13,17,29-30H,3-5,7,9H2,1-2H3,(H2,24,25,27,28). The van der Waals surface area contributed by atoms with Crippen LogP contribution in [0.15, 0.2) is 18.5 Å². The van der Waals surface area contributed by atoms with Crippen molar-refractivity contribution < 1.29 is 14.9 Å². The van der Waals surface area contributed by atoms with Crippen LogP contribution in [-0.4, -0.2) is 61.2 Å². The lowest BCUT2D eigenvalue weighted by Gasteiger charge is -2.33. The van der Waals surface area contributed by atoms with E-state index >= 15 is 0 Å². The van der Waals surface area contributed by atoms with Crippen LogP contribution < -0.4 is 10.6 Å². The lowest BCUT2D eigenvalue weighted by atomic mass is 10.0. The number of nitrogens with zero attached hydrogens (tertiary/aromatic N) is 4. The zero-order chi connectivity index (χ0) is 22.1. The minimum Gasteiger partial charge on any atom is -0.382 e. The van der Waals surface area contributed by atoms with Crippen LogP contribution >= 0.6 is 11.3 Å². The quantitative estimate of drug-likeness (QED) is 0.399. The Balaban J connectivity index is 1.42. The molecule has 4 unspecified atom stereocenters. The fourth-order valence-corrected chi connectivity index (χ4v) is 6.06. The van der Waals surface area contributed by atoms with Crippen molar-refractivity contribution in [2.24, 2.45) is 11.8 Å². The number of hydrogen-bond acceptors (Lipinski definition) is 10. The van der Waals surface area contributed by atoms with Gasteiger partial charge in [0.25, 0.3) is 0 Å². The molecule has 0 aliphatic heterocycles. The highest BCUT2D eigenvalue weighted by Gasteiger charge is 2.79. The van der Waals surface area contributed by atoms with E-state index in [0.29, 0.717) is 30.5 Å². The largest absolute Gasteiger partial charge is 0.382 e. The number of fused-ring (bicyclic) bond motifs is 2. The maximum absolute atomic E-state index is 11.5. The molecular weight excluding hydrogens is 428 g/mol. The van der Waals surface area contributed by atoms with E-state index < -0.39 is 11.3 Å². The van der Waals surface area contributed by atoms with Gasteiger partial charge >= 0.3 is 0 Å². The molecule has 0 radical (unpaired) electrons. The third kappa shape index (κ3) is 3.01. The minimum atomic E-state index is -1.54. The second kappa shape index (κ2) is 7.05. The maximum atomic E-state index is 11.5. The third-order valence-corrected chi connectivity index (χ3v) is 8.11. The molecule has 3 aliphatic carbocycles. The molecule has 3 aromatic heterocycles. The molecule has 3 aromatic rings. The number of aryl methyl sites for hydroxylation is 1. The van der Waals surface area contributed by atoms with Crippen LogP contribution in [0.4, 0.5) is 11.8 Å².